The van der Waals surface area contributed by atoms with Crippen molar-refractivity contribution in [2.24, 2.45) is 5.73 Å². The van der Waals surface area contributed by atoms with Crippen LogP contribution in [0.15, 0.2) is 0 Å². The van der Waals surface area contributed by atoms with Gasteiger partial charge in [0.25, 0.3) is 0 Å². The highest BCUT2D eigenvalue weighted by Crippen LogP contribution is 2.20. The molecule has 0 aliphatic carbocycles. The molecule has 1 heterocycles. The van der Waals surface area contributed by atoms with Crippen molar-refractivity contribution in [2.45, 2.75) is 51.7 Å². The Balaban J connectivity index is 2.44. The molecule has 1 aliphatic heterocycles. The Hall–Kier alpha value is -0.120. The monoisotopic (exact) mass is 214 g/mol. The summed E-state index contributed by atoms with van der Waals surface area (Å²) in [5.41, 5.74) is 5.85. The molecule has 0 radical (unpaired) electrons. The van der Waals surface area contributed by atoms with Gasteiger partial charge in [-0.3, -0.25) is 4.90 Å². The first kappa shape index (κ1) is 12.9. The summed E-state index contributed by atoms with van der Waals surface area (Å²) in [5.74, 6) is 0. The second-order valence-electron chi connectivity index (χ2n) is 5.11. The molecule has 1 unspecified atom stereocenters. The lowest BCUT2D eigenvalue weighted by molar-refractivity contribution is -0.0969. The van der Waals surface area contributed by atoms with Crippen molar-refractivity contribution in [1.82, 2.24) is 4.90 Å². The lowest BCUT2D eigenvalue weighted by atomic mass is 10.0. The average molecular weight is 214 g/mol. The Kier molecular flexibility index (Phi) is 5.03. The highest BCUT2D eigenvalue weighted by atomic mass is 16.5. The van der Waals surface area contributed by atoms with E-state index >= 15 is 0 Å². The summed E-state index contributed by atoms with van der Waals surface area (Å²) in [6.45, 7) is 10.2. The largest absolute Gasteiger partial charge is 0.373 e. The quantitative estimate of drug-likeness (QED) is 0.755. The molecule has 0 aromatic heterocycles. The summed E-state index contributed by atoms with van der Waals surface area (Å²) >= 11 is 0. The van der Waals surface area contributed by atoms with Crippen LogP contribution in [0.3, 0.4) is 0 Å². The first-order chi connectivity index (χ1) is 7.09. The zero-order chi connectivity index (χ0) is 11.3. The van der Waals surface area contributed by atoms with Crippen molar-refractivity contribution in [1.29, 1.82) is 0 Å². The molecule has 90 valence electrons. The molecule has 0 bridgehead atoms. The first-order valence-electron chi connectivity index (χ1n) is 6.17. The Morgan fingerprint density at radius 1 is 1.47 bits per heavy atom. The third-order valence-corrected chi connectivity index (χ3v) is 3.13. The molecule has 0 aromatic carbocycles. The van der Waals surface area contributed by atoms with E-state index in [0.717, 1.165) is 26.2 Å². The van der Waals surface area contributed by atoms with Crippen molar-refractivity contribution in [3.63, 3.8) is 0 Å². The van der Waals surface area contributed by atoms with Gasteiger partial charge in [-0.25, -0.2) is 0 Å². The molecule has 2 N–H and O–H groups in total. The van der Waals surface area contributed by atoms with Gasteiger partial charge in [-0.15, -0.1) is 0 Å². The molecule has 0 saturated carbocycles. The predicted octanol–water partition coefficient (Wildman–Crippen LogP) is 1.61. The van der Waals surface area contributed by atoms with E-state index in [0.29, 0.717) is 6.04 Å². The second kappa shape index (κ2) is 5.83. The van der Waals surface area contributed by atoms with E-state index < -0.39 is 0 Å². The van der Waals surface area contributed by atoms with E-state index in [-0.39, 0.29) is 5.60 Å². The molecule has 0 aromatic rings. The molecular weight excluding hydrogens is 188 g/mol. The fourth-order valence-electron chi connectivity index (χ4n) is 2.25. The standard InChI is InChI=1S/C12H26N2O/c1-4-5-6-11(9-13)14-7-8-15-12(2,3)10-14/h11H,4-10,13H2,1-3H3. The lowest BCUT2D eigenvalue weighted by Gasteiger charge is -2.42. The molecule has 1 atom stereocenters. The van der Waals surface area contributed by atoms with Crippen LogP contribution in [0.5, 0.6) is 0 Å². The van der Waals surface area contributed by atoms with Gasteiger partial charge in [0.05, 0.1) is 12.2 Å². The zero-order valence-corrected chi connectivity index (χ0v) is 10.5. The number of nitrogens with two attached hydrogens (primary N) is 1. The highest BCUT2D eigenvalue weighted by molar-refractivity contribution is 4.83. The topological polar surface area (TPSA) is 38.5 Å². The van der Waals surface area contributed by atoms with E-state index in [4.69, 9.17) is 10.5 Å². The van der Waals surface area contributed by atoms with Gasteiger partial charge in [0, 0.05) is 25.7 Å². The van der Waals surface area contributed by atoms with E-state index in [9.17, 15) is 0 Å². The van der Waals surface area contributed by atoms with Gasteiger partial charge >= 0.3 is 0 Å². The Bertz CT molecular complexity index is 182. The van der Waals surface area contributed by atoms with Gasteiger partial charge in [-0.1, -0.05) is 19.8 Å². The Morgan fingerprint density at radius 3 is 2.73 bits per heavy atom. The number of hydrogen-bond donors (Lipinski definition) is 1. The first-order valence-corrected chi connectivity index (χ1v) is 6.17. The predicted molar refractivity (Wildman–Crippen MR) is 64.0 cm³/mol. The summed E-state index contributed by atoms with van der Waals surface area (Å²) in [7, 11) is 0. The summed E-state index contributed by atoms with van der Waals surface area (Å²) in [4.78, 5) is 2.50. The molecule has 0 amide bonds. The summed E-state index contributed by atoms with van der Waals surface area (Å²) in [6.07, 6.45) is 3.76. The fourth-order valence-corrected chi connectivity index (χ4v) is 2.25. The van der Waals surface area contributed by atoms with Gasteiger partial charge in [-0.05, 0) is 20.3 Å². The normalized spacial score (nSPS) is 24.0. The van der Waals surface area contributed by atoms with Crippen molar-refractivity contribution in [2.75, 3.05) is 26.2 Å². The average Bonchev–Trinajstić information content (AvgIpc) is 2.17. The highest BCUT2D eigenvalue weighted by Gasteiger charge is 2.30. The minimum Gasteiger partial charge on any atom is -0.373 e. The zero-order valence-electron chi connectivity index (χ0n) is 10.5. The minimum atomic E-state index is -0.00210. The van der Waals surface area contributed by atoms with Gasteiger partial charge in [0.2, 0.25) is 0 Å². The van der Waals surface area contributed by atoms with Crippen LogP contribution in [0.1, 0.15) is 40.0 Å². The molecule has 1 rings (SSSR count). The number of morpholine rings is 1. The fraction of sp³-hybridized carbons (Fsp3) is 1.00. The maximum Gasteiger partial charge on any atom is 0.0753 e. The van der Waals surface area contributed by atoms with Gasteiger partial charge in [0.1, 0.15) is 0 Å². The van der Waals surface area contributed by atoms with E-state index in [2.05, 4.69) is 25.7 Å². The van der Waals surface area contributed by atoms with Crippen LogP contribution in [0.2, 0.25) is 0 Å². The molecule has 3 heteroatoms. The van der Waals surface area contributed by atoms with Gasteiger partial charge < -0.3 is 10.5 Å². The summed E-state index contributed by atoms with van der Waals surface area (Å²) in [5, 5.41) is 0. The maximum atomic E-state index is 5.85. The Labute approximate surface area is 94.0 Å². The summed E-state index contributed by atoms with van der Waals surface area (Å²) < 4.78 is 5.71. The van der Waals surface area contributed by atoms with Crippen LogP contribution in [-0.2, 0) is 4.74 Å². The molecule has 1 aliphatic rings. The minimum absolute atomic E-state index is 0.00210. The summed E-state index contributed by atoms with van der Waals surface area (Å²) in [6, 6.07) is 0.549. The molecule has 15 heavy (non-hydrogen) atoms. The SMILES string of the molecule is CCCCC(CN)N1CCOC(C)(C)C1. The van der Waals surface area contributed by atoms with Crippen LogP contribution in [0.4, 0.5) is 0 Å². The van der Waals surface area contributed by atoms with Crippen molar-refractivity contribution < 1.29 is 4.74 Å². The van der Waals surface area contributed by atoms with E-state index in [1.807, 2.05) is 0 Å². The molecule has 0 spiro atoms. The van der Waals surface area contributed by atoms with E-state index in [1.165, 1.54) is 19.3 Å². The second-order valence-corrected chi connectivity index (χ2v) is 5.11. The van der Waals surface area contributed by atoms with Crippen molar-refractivity contribution in [3.05, 3.63) is 0 Å². The smallest absolute Gasteiger partial charge is 0.0753 e. The van der Waals surface area contributed by atoms with Crippen LogP contribution < -0.4 is 5.73 Å². The van der Waals surface area contributed by atoms with Crippen LogP contribution in [-0.4, -0.2) is 42.8 Å². The maximum absolute atomic E-state index is 5.85. The number of hydrogen-bond acceptors (Lipinski definition) is 3. The number of unbranched alkanes of at least 4 members (excludes halogenated alkanes) is 1. The third-order valence-electron chi connectivity index (χ3n) is 3.13. The lowest BCUT2D eigenvalue weighted by Crippen LogP contribution is -2.54. The van der Waals surface area contributed by atoms with Gasteiger partial charge in [-0.2, -0.15) is 0 Å². The van der Waals surface area contributed by atoms with Crippen LogP contribution in [0, 0.1) is 0 Å². The molecule has 3 nitrogen and oxygen atoms in total. The molecule has 1 saturated heterocycles. The number of rotatable bonds is 5. The van der Waals surface area contributed by atoms with Crippen molar-refractivity contribution in [3.8, 4) is 0 Å². The van der Waals surface area contributed by atoms with Gasteiger partial charge in [0.15, 0.2) is 0 Å². The van der Waals surface area contributed by atoms with Crippen molar-refractivity contribution >= 4 is 0 Å². The van der Waals surface area contributed by atoms with Crippen LogP contribution in [0.25, 0.3) is 0 Å². The van der Waals surface area contributed by atoms with Crippen LogP contribution >= 0.6 is 0 Å². The third kappa shape index (κ3) is 4.09. The molecular formula is C12H26N2O. The Morgan fingerprint density at radius 2 is 2.20 bits per heavy atom. The molecule has 1 fully saturated rings. The van der Waals surface area contributed by atoms with E-state index in [1.54, 1.807) is 0 Å². The number of nitrogens with zero attached hydrogens (tertiary/aromatic N) is 1. The number of ether oxygens (including phenoxy) is 1.